The Morgan fingerprint density at radius 1 is 1.28 bits per heavy atom. The van der Waals surface area contributed by atoms with Crippen molar-refractivity contribution in [2.24, 2.45) is 7.05 Å². The van der Waals surface area contributed by atoms with Gasteiger partial charge in [0.25, 0.3) is 5.91 Å². The van der Waals surface area contributed by atoms with E-state index < -0.39 is 0 Å². The molecule has 0 spiro atoms. The highest BCUT2D eigenvalue weighted by molar-refractivity contribution is 7.80. The van der Waals surface area contributed by atoms with Gasteiger partial charge >= 0.3 is 0 Å². The summed E-state index contributed by atoms with van der Waals surface area (Å²) in [5.74, 6) is -0.330. The van der Waals surface area contributed by atoms with Crippen molar-refractivity contribution in [1.82, 2.24) is 15.1 Å². The van der Waals surface area contributed by atoms with Crippen molar-refractivity contribution >= 4 is 28.9 Å². The van der Waals surface area contributed by atoms with Gasteiger partial charge in [-0.1, -0.05) is 18.2 Å². The zero-order valence-electron chi connectivity index (χ0n) is 9.75. The molecule has 0 saturated heterocycles. The molecule has 6 heteroatoms. The molecule has 18 heavy (non-hydrogen) atoms. The minimum absolute atomic E-state index is 0.247. The van der Waals surface area contributed by atoms with Crippen LogP contribution in [0.15, 0.2) is 42.6 Å². The fraction of sp³-hybridized carbons (Fsp3) is 0.0833. The van der Waals surface area contributed by atoms with E-state index in [1.165, 1.54) is 0 Å². The Hall–Kier alpha value is -2.21. The minimum atomic E-state index is -0.330. The molecule has 1 aromatic heterocycles. The van der Waals surface area contributed by atoms with Crippen LogP contribution in [0.4, 0.5) is 5.69 Å². The van der Waals surface area contributed by atoms with Crippen LogP contribution < -0.4 is 10.6 Å². The number of thiocarbonyl (C=S) groups is 1. The highest BCUT2D eigenvalue weighted by Crippen LogP contribution is 2.04. The van der Waals surface area contributed by atoms with Crippen molar-refractivity contribution in [1.29, 1.82) is 0 Å². The first-order valence-electron chi connectivity index (χ1n) is 5.32. The summed E-state index contributed by atoms with van der Waals surface area (Å²) in [5, 5.41) is 9.71. The van der Waals surface area contributed by atoms with Crippen LogP contribution in [0.5, 0.6) is 0 Å². The number of rotatable bonds is 2. The maximum Gasteiger partial charge on any atom is 0.277 e. The monoisotopic (exact) mass is 260 g/mol. The summed E-state index contributed by atoms with van der Waals surface area (Å²) in [7, 11) is 1.75. The van der Waals surface area contributed by atoms with Crippen LogP contribution in [0.2, 0.25) is 0 Å². The first kappa shape index (κ1) is 12.3. The lowest BCUT2D eigenvalue weighted by molar-refractivity contribution is 0.0972. The summed E-state index contributed by atoms with van der Waals surface area (Å²) in [6.07, 6.45) is 1.70. The minimum Gasteiger partial charge on any atom is -0.332 e. The van der Waals surface area contributed by atoms with Gasteiger partial charge in [-0.05, 0) is 30.4 Å². The van der Waals surface area contributed by atoms with Crippen molar-refractivity contribution < 1.29 is 4.79 Å². The van der Waals surface area contributed by atoms with Gasteiger partial charge in [0.2, 0.25) is 0 Å². The Bertz CT molecular complexity index is 564. The quantitative estimate of drug-likeness (QED) is 0.804. The second kappa shape index (κ2) is 5.42. The Balaban J connectivity index is 1.94. The molecular formula is C12H12N4OS. The molecule has 0 fully saturated rings. The summed E-state index contributed by atoms with van der Waals surface area (Å²) < 4.78 is 1.56. The van der Waals surface area contributed by atoms with Gasteiger partial charge in [-0.2, -0.15) is 5.10 Å². The molecule has 92 valence electrons. The second-order valence-corrected chi connectivity index (χ2v) is 4.06. The van der Waals surface area contributed by atoms with Crippen LogP contribution in [-0.2, 0) is 7.05 Å². The molecule has 1 heterocycles. The van der Waals surface area contributed by atoms with E-state index in [0.717, 1.165) is 5.69 Å². The SMILES string of the molecule is Cn1ccc(C(=O)NC(=S)Nc2ccccc2)n1. The van der Waals surface area contributed by atoms with Crippen LogP contribution in [0, 0.1) is 0 Å². The van der Waals surface area contributed by atoms with Crippen molar-refractivity contribution in [2.75, 3.05) is 5.32 Å². The summed E-state index contributed by atoms with van der Waals surface area (Å²) >= 11 is 5.04. The number of benzene rings is 1. The standard InChI is InChI=1S/C12H12N4OS/c1-16-8-7-10(15-16)11(17)14-12(18)13-9-5-3-2-4-6-9/h2-8H,1H3,(H2,13,14,17,18). The number of nitrogens with zero attached hydrogens (tertiary/aromatic N) is 2. The molecule has 0 aliphatic rings. The lowest BCUT2D eigenvalue weighted by Crippen LogP contribution is -2.34. The lowest BCUT2D eigenvalue weighted by Gasteiger charge is -2.07. The average Bonchev–Trinajstić information content (AvgIpc) is 2.77. The summed E-state index contributed by atoms with van der Waals surface area (Å²) in [6.45, 7) is 0. The molecule has 2 aromatic rings. The van der Waals surface area contributed by atoms with Gasteiger partial charge in [-0.25, -0.2) is 0 Å². The lowest BCUT2D eigenvalue weighted by atomic mass is 10.3. The van der Waals surface area contributed by atoms with Crippen LogP contribution >= 0.6 is 12.2 Å². The number of nitrogens with one attached hydrogen (secondary N) is 2. The van der Waals surface area contributed by atoms with Gasteiger partial charge in [0.05, 0.1) is 0 Å². The molecule has 5 nitrogen and oxygen atoms in total. The van der Waals surface area contributed by atoms with E-state index in [9.17, 15) is 4.79 Å². The molecule has 0 atom stereocenters. The molecule has 0 saturated carbocycles. The number of carbonyl (C=O) groups is 1. The van der Waals surface area contributed by atoms with E-state index in [-0.39, 0.29) is 11.0 Å². The van der Waals surface area contributed by atoms with Crippen LogP contribution in [0.3, 0.4) is 0 Å². The summed E-state index contributed by atoms with van der Waals surface area (Å²) in [6, 6.07) is 11.0. The van der Waals surface area contributed by atoms with Crippen molar-refractivity contribution in [2.45, 2.75) is 0 Å². The van der Waals surface area contributed by atoms with Gasteiger partial charge in [-0.15, -0.1) is 0 Å². The highest BCUT2D eigenvalue weighted by atomic mass is 32.1. The first-order valence-corrected chi connectivity index (χ1v) is 5.73. The Kier molecular flexibility index (Phi) is 3.69. The number of hydrogen-bond donors (Lipinski definition) is 2. The van der Waals surface area contributed by atoms with E-state index in [1.54, 1.807) is 24.0 Å². The number of carbonyl (C=O) groups excluding carboxylic acids is 1. The number of aryl methyl sites for hydroxylation is 1. The predicted molar refractivity (Wildman–Crippen MR) is 73.3 cm³/mol. The average molecular weight is 260 g/mol. The fourth-order valence-corrected chi connectivity index (χ4v) is 1.60. The summed E-state index contributed by atoms with van der Waals surface area (Å²) in [4.78, 5) is 11.7. The molecular weight excluding hydrogens is 248 g/mol. The molecule has 1 amide bonds. The maximum absolute atomic E-state index is 11.7. The second-order valence-electron chi connectivity index (χ2n) is 3.65. The predicted octanol–water partition coefficient (Wildman–Crippen LogP) is 1.55. The van der Waals surface area contributed by atoms with E-state index in [0.29, 0.717) is 5.69 Å². The molecule has 0 radical (unpaired) electrons. The van der Waals surface area contributed by atoms with Crippen molar-refractivity contribution in [3.8, 4) is 0 Å². The van der Waals surface area contributed by atoms with Gasteiger partial charge in [0, 0.05) is 18.9 Å². The number of aromatic nitrogens is 2. The van der Waals surface area contributed by atoms with Crippen LogP contribution in [-0.4, -0.2) is 20.8 Å². The van der Waals surface area contributed by atoms with Gasteiger partial charge in [0.15, 0.2) is 10.8 Å². The van der Waals surface area contributed by atoms with Crippen LogP contribution in [0.25, 0.3) is 0 Å². The Morgan fingerprint density at radius 3 is 2.61 bits per heavy atom. The molecule has 0 aliphatic carbocycles. The molecule has 0 aliphatic heterocycles. The third kappa shape index (κ3) is 3.14. The number of amides is 1. The highest BCUT2D eigenvalue weighted by Gasteiger charge is 2.10. The maximum atomic E-state index is 11.7. The third-order valence-corrected chi connectivity index (χ3v) is 2.41. The molecule has 1 aromatic carbocycles. The van der Waals surface area contributed by atoms with Gasteiger partial charge < -0.3 is 5.32 Å². The van der Waals surface area contributed by atoms with Crippen molar-refractivity contribution in [3.05, 3.63) is 48.3 Å². The molecule has 0 unspecified atom stereocenters. The molecule has 2 rings (SSSR count). The largest absolute Gasteiger partial charge is 0.332 e. The summed E-state index contributed by atoms with van der Waals surface area (Å²) in [5.41, 5.74) is 1.15. The third-order valence-electron chi connectivity index (χ3n) is 2.20. The van der Waals surface area contributed by atoms with E-state index >= 15 is 0 Å². The fourth-order valence-electron chi connectivity index (χ4n) is 1.39. The zero-order valence-corrected chi connectivity index (χ0v) is 10.6. The molecule has 2 N–H and O–H groups in total. The Morgan fingerprint density at radius 2 is 2.00 bits per heavy atom. The number of para-hydroxylation sites is 1. The van der Waals surface area contributed by atoms with Gasteiger partial charge in [-0.3, -0.25) is 14.8 Å². The van der Waals surface area contributed by atoms with E-state index in [4.69, 9.17) is 12.2 Å². The first-order chi connectivity index (χ1) is 8.65. The number of hydrogen-bond acceptors (Lipinski definition) is 3. The normalized spacial score (nSPS) is 9.83. The van der Waals surface area contributed by atoms with Crippen LogP contribution in [0.1, 0.15) is 10.5 Å². The van der Waals surface area contributed by atoms with E-state index in [2.05, 4.69) is 15.7 Å². The smallest absolute Gasteiger partial charge is 0.277 e. The van der Waals surface area contributed by atoms with E-state index in [1.807, 2.05) is 30.3 Å². The molecule has 0 bridgehead atoms. The number of anilines is 1. The van der Waals surface area contributed by atoms with Crippen molar-refractivity contribution in [3.63, 3.8) is 0 Å². The zero-order chi connectivity index (χ0) is 13.0. The van der Waals surface area contributed by atoms with Gasteiger partial charge in [0.1, 0.15) is 0 Å². The topological polar surface area (TPSA) is 59.0 Å². The Labute approximate surface area is 110 Å².